The summed E-state index contributed by atoms with van der Waals surface area (Å²) in [5, 5.41) is 6.70. The highest BCUT2D eigenvalue weighted by atomic mass is 16.2. The Labute approximate surface area is 135 Å². The van der Waals surface area contributed by atoms with Crippen LogP contribution in [-0.4, -0.2) is 50.0 Å². The van der Waals surface area contributed by atoms with Gasteiger partial charge in [-0.2, -0.15) is 0 Å². The summed E-state index contributed by atoms with van der Waals surface area (Å²) in [5.74, 6) is 0.751. The summed E-state index contributed by atoms with van der Waals surface area (Å²) in [4.78, 5) is 17.6. The van der Waals surface area contributed by atoms with Crippen LogP contribution >= 0.6 is 0 Å². The number of carbonyl (C=O) groups excluding carboxylic acids is 1. The van der Waals surface area contributed by atoms with Crippen LogP contribution in [0.15, 0.2) is 16.6 Å². The van der Waals surface area contributed by atoms with Crippen LogP contribution in [0.2, 0.25) is 0 Å². The predicted octanol–water partition coefficient (Wildman–Crippen LogP) is 2.30. The number of rotatable bonds is 7. The molecule has 2 N–H and O–H groups in total. The normalized spacial score (nSPS) is 16.7. The van der Waals surface area contributed by atoms with Gasteiger partial charge >= 0.3 is 0 Å². The number of likely N-dealkylation sites (N-methyl/N-ethyl adjacent to an activating group) is 1. The highest BCUT2D eigenvalue weighted by Gasteiger charge is 2.08. The van der Waals surface area contributed by atoms with Gasteiger partial charge in [-0.25, -0.2) is 4.99 Å². The number of hydrogen-bond donors (Lipinski definition) is 2. The lowest BCUT2D eigenvalue weighted by molar-refractivity contribution is -0.127. The third-order valence-corrected chi connectivity index (χ3v) is 3.99. The molecule has 0 aliphatic heterocycles. The van der Waals surface area contributed by atoms with Gasteiger partial charge in [-0.05, 0) is 45.4 Å². The number of guanidine groups is 1. The fourth-order valence-corrected chi connectivity index (χ4v) is 2.25. The van der Waals surface area contributed by atoms with Gasteiger partial charge in [0.1, 0.15) is 6.54 Å². The number of hydrogen-bond acceptors (Lipinski definition) is 2. The fraction of sp³-hybridized carbons (Fsp3) is 0.765. The highest BCUT2D eigenvalue weighted by molar-refractivity contribution is 5.84. The molecular formula is C17H32N4O. The molecule has 0 aromatic rings. The number of allylic oxidation sites excluding steroid dienone is 1. The molecule has 0 saturated carbocycles. The second kappa shape index (κ2) is 10.2. The summed E-state index contributed by atoms with van der Waals surface area (Å²) in [6, 6.07) is 0.342. The smallest absolute Gasteiger partial charge is 0.243 e. The van der Waals surface area contributed by atoms with Crippen LogP contribution < -0.4 is 10.6 Å². The molecule has 0 radical (unpaired) electrons. The van der Waals surface area contributed by atoms with Crippen molar-refractivity contribution in [2.24, 2.45) is 4.99 Å². The third kappa shape index (κ3) is 7.48. The molecule has 5 heteroatoms. The Hall–Kier alpha value is -1.52. The summed E-state index contributed by atoms with van der Waals surface area (Å²) in [6.45, 7) is 5.30. The average Bonchev–Trinajstić information content (AvgIpc) is 2.52. The molecule has 1 aliphatic rings. The van der Waals surface area contributed by atoms with E-state index in [9.17, 15) is 4.79 Å². The maximum absolute atomic E-state index is 11.7. The van der Waals surface area contributed by atoms with E-state index in [-0.39, 0.29) is 12.5 Å². The first-order valence-electron chi connectivity index (χ1n) is 8.45. The molecule has 22 heavy (non-hydrogen) atoms. The summed E-state index contributed by atoms with van der Waals surface area (Å²) >= 11 is 0. The summed E-state index contributed by atoms with van der Waals surface area (Å²) < 4.78 is 0. The van der Waals surface area contributed by atoms with Crippen LogP contribution in [0.4, 0.5) is 0 Å². The number of aliphatic imine (C=N–C) groups is 1. The van der Waals surface area contributed by atoms with E-state index in [1.165, 1.54) is 25.7 Å². The molecule has 0 heterocycles. The Morgan fingerprint density at radius 2 is 2.18 bits per heavy atom. The van der Waals surface area contributed by atoms with Crippen molar-refractivity contribution in [1.29, 1.82) is 0 Å². The molecule has 126 valence electrons. The molecule has 0 aromatic heterocycles. The molecule has 1 unspecified atom stereocenters. The van der Waals surface area contributed by atoms with E-state index in [4.69, 9.17) is 0 Å². The molecule has 0 spiro atoms. The van der Waals surface area contributed by atoms with Gasteiger partial charge in [0.2, 0.25) is 5.91 Å². The largest absolute Gasteiger partial charge is 0.356 e. The molecule has 1 aliphatic carbocycles. The Bertz CT molecular complexity index is 401. The Morgan fingerprint density at radius 1 is 1.41 bits per heavy atom. The van der Waals surface area contributed by atoms with Gasteiger partial charge in [-0.3, -0.25) is 4.79 Å². The van der Waals surface area contributed by atoms with E-state index < -0.39 is 0 Å². The summed E-state index contributed by atoms with van der Waals surface area (Å²) in [5.41, 5.74) is 1.55. The van der Waals surface area contributed by atoms with E-state index in [2.05, 4.69) is 35.5 Å². The first-order valence-corrected chi connectivity index (χ1v) is 8.45. The molecule has 5 nitrogen and oxygen atoms in total. The SMILES string of the molecule is CCC(C)NC(=NCC(=O)N(C)C)NCCC1=CCCCC1. The molecule has 0 bridgehead atoms. The monoisotopic (exact) mass is 308 g/mol. The van der Waals surface area contributed by atoms with Crippen molar-refractivity contribution in [3.8, 4) is 0 Å². The minimum atomic E-state index is 0.0141. The minimum absolute atomic E-state index is 0.0141. The second-order valence-electron chi connectivity index (χ2n) is 6.19. The maximum Gasteiger partial charge on any atom is 0.243 e. The number of nitrogens with zero attached hydrogens (tertiary/aromatic N) is 2. The Morgan fingerprint density at radius 3 is 2.77 bits per heavy atom. The average molecular weight is 308 g/mol. The fourth-order valence-electron chi connectivity index (χ4n) is 2.25. The molecule has 0 fully saturated rings. The lowest BCUT2D eigenvalue weighted by atomic mass is 9.97. The van der Waals surface area contributed by atoms with E-state index in [0.717, 1.165) is 25.3 Å². The summed E-state index contributed by atoms with van der Waals surface area (Å²) in [7, 11) is 3.51. The quantitative estimate of drug-likeness (QED) is 0.431. The zero-order valence-electron chi connectivity index (χ0n) is 14.6. The van der Waals surface area contributed by atoms with Crippen molar-refractivity contribution >= 4 is 11.9 Å². The lowest BCUT2D eigenvalue weighted by Crippen LogP contribution is -2.43. The van der Waals surface area contributed by atoms with Crippen molar-refractivity contribution < 1.29 is 4.79 Å². The van der Waals surface area contributed by atoms with Crippen molar-refractivity contribution in [2.45, 2.75) is 58.4 Å². The van der Waals surface area contributed by atoms with E-state index >= 15 is 0 Å². The van der Waals surface area contributed by atoms with Crippen LogP contribution in [0, 0.1) is 0 Å². The van der Waals surface area contributed by atoms with E-state index in [0.29, 0.717) is 6.04 Å². The minimum Gasteiger partial charge on any atom is -0.356 e. The van der Waals surface area contributed by atoms with Crippen LogP contribution in [0.3, 0.4) is 0 Å². The third-order valence-electron chi connectivity index (χ3n) is 3.99. The molecule has 1 amide bonds. The van der Waals surface area contributed by atoms with Crippen molar-refractivity contribution in [3.05, 3.63) is 11.6 Å². The van der Waals surface area contributed by atoms with Gasteiger partial charge < -0.3 is 15.5 Å². The van der Waals surface area contributed by atoms with Gasteiger partial charge in [-0.15, -0.1) is 0 Å². The standard InChI is InChI=1S/C17H32N4O/c1-5-14(2)20-17(19-13-16(22)21(3)4)18-12-11-15-9-7-6-8-10-15/h9,14H,5-8,10-13H2,1-4H3,(H2,18,19,20). The highest BCUT2D eigenvalue weighted by Crippen LogP contribution is 2.19. The Balaban J connectivity index is 2.47. The molecule has 1 rings (SSSR count). The van der Waals surface area contributed by atoms with Gasteiger partial charge in [-0.1, -0.05) is 18.6 Å². The number of amides is 1. The zero-order valence-corrected chi connectivity index (χ0v) is 14.6. The lowest BCUT2D eigenvalue weighted by Gasteiger charge is -2.18. The Kier molecular flexibility index (Phi) is 8.63. The maximum atomic E-state index is 11.7. The second-order valence-corrected chi connectivity index (χ2v) is 6.19. The van der Waals surface area contributed by atoms with Crippen LogP contribution in [0.1, 0.15) is 52.4 Å². The zero-order chi connectivity index (χ0) is 16.4. The van der Waals surface area contributed by atoms with E-state index in [1.54, 1.807) is 24.6 Å². The number of carbonyl (C=O) groups is 1. The predicted molar refractivity (Wildman–Crippen MR) is 93.1 cm³/mol. The first kappa shape index (κ1) is 18.5. The molecule has 0 saturated heterocycles. The molecule has 1 atom stereocenters. The van der Waals surface area contributed by atoms with Gasteiger partial charge in [0, 0.05) is 26.7 Å². The van der Waals surface area contributed by atoms with Crippen molar-refractivity contribution in [3.63, 3.8) is 0 Å². The van der Waals surface area contributed by atoms with Gasteiger partial charge in [0.25, 0.3) is 0 Å². The van der Waals surface area contributed by atoms with E-state index in [1.807, 2.05) is 0 Å². The molecule has 0 aromatic carbocycles. The molecular weight excluding hydrogens is 276 g/mol. The van der Waals surface area contributed by atoms with Crippen LogP contribution in [-0.2, 0) is 4.79 Å². The topological polar surface area (TPSA) is 56.7 Å². The summed E-state index contributed by atoms with van der Waals surface area (Å²) in [6.07, 6.45) is 9.54. The van der Waals surface area contributed by atoms with Crippen molar-refractivity contribution in [2.75, 3.05) is 27.2 Å². The van der Waals surface area contributed by atoms with Gasteiger partial charge in [0.05, 0.1) is 0 Å². The van der Waals surface area contributed by atoms with Gasteiger partial charge in [0.15, 0.2) is 5.96 Å². The number of nitrogens with one attached hydrogen (secondary N) is 2. The first-order chi connectivity index (χ1) is 10.5. The van der Waals surface area contributed by atoms with Crippen LogP contribution in [0.25, 0.3) is 0 Å². The van der Waals surface area contributed by atoms with Crippen molar-refractivity contribution in [1.82, 2.24) is 15.5 Å². The van der Waals surface area contributed by atoms with Crippen LogP contribution in [0.5, 0.6) is 0 Å².